The van der Waals surface area contributed by atoms with Crippen molar-refractivity contribution in [3.63, 3.8) is 0 Å². The molecule has 0 bridgehead atoms. The standard InChI is InChI=1S/C15H18N4OS/c1-4-11-13(6-5-10(2)17-11)20-14-12(9-16-3)19-7-8-21-15(19)18-14/h5-8,16H,4,9H2,1-3H3. The van der Waals surface area contributed by atoms with Gasteiger partial charge in [-0.3, -0.25) is 9.38 Å². The summed E-state index contributed by atoms with van der Waals surface area (Å²) in [6.07, 6.45) is 2.85. The smallest absolute Gasteiger partial charge is 0.243 e. The molecule has 0 saturated carbocycles. The van der Waals surface area contributed by atoms with Crippen LogP contribution in [0.25, 0.3) is 4.96 Å². The van der Waals surface area contributed by atoms with Crippen LogP contribution in [0.4, 0.5) is 0 Å². The number of thiazole rings is 1. The van der Waals surface area contributed by atoms with Gasteiger partial charge in [0.25, 0.3) is 0 Å². The van der Waals surface area contributed by atoms with Crippen molar-refractivity contribution < 1.29 is 4.74 Å². The topological polar surface area (TPSA) is 51.5 Å². The summed E-state index contributed by atoms with van der Waals surface area (Å²) in [6, 6.07) is 3.93. The predicted octanol–water partition coefficient (Wildman–Crippen LogP) is 3.17. The van der Waals surface area contributed by atoms with Gasteiger partial charge in [-0.1, -0.05) is 6.92 Å². The Morgan fingerprint density at radius 3 is 2.95 bits per heavy atom. The zero-order valence-electron chi connectivity index (χ0n) is 12.4. The Morgan fingerprint density at radius 2 is 2.19 bits per heavy atom. The van der Waals surface area contributed by atoms with Gasteiger partial charge >= 0.3 is 0 Å². The minimum absolute atomic E-state index is 0.650. The van der Waals surface area contributed by atoms with Crippen molar-refractivity contribution in [1.82, 2.24) is 19.7 Å². The number of nitrogens with zero attached hydrogens (tertiary/aromatic N) is 3. The van der Waals surface area contributed by atoms with E-state index in [4.69, 9.17) is 4.74 Å². The minimum Gasteiger partial charge on any atom is -0.435 e. The highest BCUT2D eigenvalue weighted by atomic mass is 32.1. The third-order valence-corrected chi connectivity index (χ3v) is 4.04. The summed E-state index contributed by atoms with van der Waals surface area (Å²) in [5, 5.41) is 5.19. The van der Waals surface area contributed by atoms with Crippen LogP contribution in [0.2, 0.25) is 0 Å². The molecule has 0 unspecified atom stereocenters. The van der Waals surface area contributed by atoms with Crippen molar-refractivity contribution in [3.05, 3.63) is 40.8 Å². The van der Waals surface area contributed by atoms with E-state index >= 15 is 0 Å². The second-order valence-electron chi connectivity index (χ2n) is 4.80. The molecule has 21 heavy (non-hydrogen) atoms. The first-order valence-corrected chi connectivity index (χ1v) is 7.84. The molecular weight excluding hydrogens is 284 g/mol. The van der Waals surface area contributed by atoms with E-state index in [0.717, 1.165) is 34.2 Å². The number of rotatable bonds is 5. The van der Waals surface area contributed by atoms with Gasteiger partial charge in [0.05, 0.1) is 5.69 Å². The summed E-state index contributed by atoms with van der Waals surface area (Å²) in [4.78, 5) is 10.0. The molecule has 3 aromatic heterocycles. The summed E-state index contributed by atoms with van der Waals surface area (Å²) in [5.74, 6) is 1.43. The van der Waals surface area contributed by atoms with Crippen molar-refractivity contribution in [3.8, 4) is 11.6 Å². The van der Waals surface area contributed by atoms with Crippen molar-refractivity contribution in [2.45, 2.75) is 26.8 Å². The van der Waals surface area contributed by atoms with Crippen LogP contribution in [0, 0.1) is 6.92 Å². The third kappa shape index (κ3) is 2.64. The third-order valence-electron chi connectivity index (χ3n) is 3.28. The Labute approximate surface area is 127 Å². The van der Waals surface area contributed by atoms with Gasteiger partial charge in [0, 0.05) is 23.8 Å². The van der Waals surface area contributed by atoms with Gasteiger partial charge < -0.3 is 10.1 Å². The first-order chi connectivity index (χ1) is 10.2. The summed E-state index contributed by atoms with van der Waals surface area (Å²) >= 11 is 1.60. The Morgan fingerprint density at radius 1 is 1.33 bits per heavy atom. The molecule has 0 atom stereocenters. The summed E-state index contributed by atoms with van der Waals surface area (Å²) in [5.41, 5.74) is 2.98. The molecule has 3 heterocycles. The zero-order valence-corrected chi connectivity index (χ0v) is 13.2. The lowest BCUT2D eigenvalue weighted by Crippen LogP contribution is -2.08. The van der Waals surface area contributed by atoms with Crippen molar-refractivity contribution >= 4 is 16.3 Å². The average molecular weight is 302 g/mol. The van der Waals surface area contributed by atoms with E-state index < -0.39 is 0 Å². The fraction of sp³-hybridized carbons (Fsp3) is 0.333. The first-order valence-electron chi connectivity index (χ1n) is 6.96. The normalized spacial score (nSPS) is 11.2. The van der Waals surface area contributed by atoms with Gasteiger partial charge in [-0.15, -0.1) is 11.3 Å². The Kier molecular flexibility index (Phi) is 3.90. The molecule has 0 aliphatic carbocycles. The Balaban J connectivity index is 2.01. The van der Waals surface area contributed by atoms with E-state index in [2.05, 4.69) is 26.6 Å². The highest BCUT2D eigenvalue weighted by Crippen LogP contribution is 2.29. The number of aryl methyl sites for hydroxylation is 2. The van der Waals surface area contributed by atoms with Crippen molar-refractivity contribution in [2.75, 3.05) is 7.05 Å². The number of hydrogen-bond donors (Lipinski definition) is 1. The van der Waals surface area contributed by atoms with Gasteiger partial charge in [-0.25, -0.2) is 0 Å². The lowest BCUT2D eigenvalue weighted by molar-refractivity contribution is 0.448. The molecule has 0 spiro atoms. The Hall–Kier alpha value is -1.92. The van der Waals surface area contributed by atoms with E-state index in [9.17, 15) is 0 Å². The van der Waals surface area contributed by atoms with Crippen LogP contribution in [0.15, 0.2) is 23.7 Å². The van der Waals surface area contributed by atoms with Crippen LogP contribution >= 0.6 is 11.3 Å². The molecule has 6 heteroatoms. The number of imidazole rings is 1. The molecule has 5 nitrogen and oxygen atoms in total. The summed E-state index contributed by atoms with van der Waals surface area (Å²) in [7, 11) is 1.92. The molecule has 0 aliphatic rings. The van der Waals surface area contributed by atoms with Gasteiger partial charge in [0.15, 0.2) is 10.7 Å². The number of pyridine rings is 1. The largest absolute Gasteiger partial charge is 0.435 e. The number of fused-ring (bicyclic) bond motifs is 1. The molecule has 0 radical (unpaired) electrons. The van der Waals surface area contributed by atoms with E-state index in [1.165, 1.54) is 0 Å². The van der Waals surface area contributed by atoms with Gasteiger partial charge in [0.2, 0.25) is 5.88 Å². The number of hydrogen-bond acceptors (Lipinski definition) is 5. The van der Waals surface area contributed by atoms with Crippen LogP contribution in [0.5, 0.6) is 11.6 Å². The maximum absolute atomic E-state index is 6.05. The monoisotopic (exact) mass is 302 g/mol. The second-order valence-corrected chi connectivity index (χ2v) is 5.68. The lowest BCUT2D eigenvalue weighted by atomic mass is 10.2. The van der Waals surface area contributed by atoms with Crippen molar-refractivity contribution in [1.29, 1.82) is 0 Å². The van der Waals surface area contributed by atoms with Gasteiger partial charge in [-0.05, 0) is 32.5 Å². The molecule has 0 aliphatic heterocycles. The maximum atomic E-state index is 6.05. The zero-order chi connectivity index (χ0) is 14.8. The van der Waals surface area contributed by atoms with E-state index in [1.54, 1.807) is 11.3 Å². The molecule has 3 rings (SSSR count). The lowest BCUT2D eigenvalue weighted by Gasteiger charge is -2.09. The van der Waals surface area contributed by atoms with Gasteiger partial charge in [-0.2, -0.15) is 4.98 Å². The fourth-order valence-corrected chi connectivity index (χ4v) is 3.00. The van der Waals surface area contributed by atoms with Crippen LogP contribution in [-0.4, -0.2) is 21.4 Å². The maximum Gasteiger partial charge on any atom is 0.243 e. The van der Waals surface area contributed by atoms with Crippen LogP contribution in [0.1, 0.15) is 24.0 Å². The van der Waals surface area contributed by atoms with Crippen LogP contribution in [-0.2, 0) is 13.0 Å². The van der Waals surface area contributed by atoms with Crippen LogP contribution < -0.4 is 10.1 Å². The molecule has 0 amide bonds. The molecule has 0 saturated heterocycles. The van der Waals surface area contributed by atoms with Crippen molar-refractivity contribution in [2.24, 2.45) is 0 Å². The second kappa shape index (κ2) is 5.83. The number of ether oxygens (including phenoxy) is 1. The molecule has 1 N–H and O–H groups in total. The van der Waals surface area contributed by atoms with E-state index in [1.807, 2.05) is 37.7 Å². The highest BCUT2D eigenvalue weighted by molar-refractivity contribution is 7.15. The van der Waals surface area contributed by atoms with E-state index in [0.29, 0.717) is 12.4 Å². The quantitative estimate of drug-likeness (QED) is 0.786. The van der Waals surface area contributed by atoms with Gasteiger partial charge in [0.1, 0.15) is 5.69 Å². The Bertz CT molecular complexity index is 762. The SMILES string of the molecule is CCc1nc(C)ccc1Oc1nc2sccn2c1CNC. The molecule has 0 aromatic carbocycles. The molecule has 110 valence electrons. The molecule has 3 aromatic rings. The molecular formula is C15H18N4OS. The summed E-state index contributed by atoms with van der Waals surface area (Å²) < 4.78 is 8.11. The first kappa shape index (κ1) is 14.0. The average Bonchev–Trinajstić information content (AvgIpc) is 3.04. The summed E-state index contributed by atoms with van der Waals surface area (Å²) in [6.45, 7) is 4.77. The highest BCUT2D eigenvalue weighted by Gasteiger charge is 2.16. The predicted molar refractivity (Wildman–Crippen MR) is 84.3 cm³/mol. The number of nitrogens with one attached hydrogen (secondary N) is 1. The number of aromatic nitrogens is 3. The fourth-order valence-electron chi connectivity index (χ4n) is 2.27. The minimum atomic E-state index is 0.650. The van der Waals surface area contributed by atoms with Crippen LogP contribution in [0.3, 0.4) is 0 Å². The van der Waals surface area contributed by atoms with E-state index in [-0.39, 0.29) is 0 Å². The molecule has 0 fully saturated rings.